The van der Waals surface area contributed by atoms with Crippen molar-refractivity contribution in [1.29, 1.82) is 0 Å². The van der Waals surface area contributed by atoms with Gasteiger partial charge in [0.15, 0.2) is 0 Å². The normalized spacial score (nSPS) is 25.7. The molecule has 0 amide bonds. The molecule has 1 aliphatic carbocycles. The van der Waals surface area contributed by atoms with E-state index < -0.39 is 11.1 Å². The molecule has 2 heterocycles. The highest BCUT2D eigenvalue weighted by atomic mass is 16.2. The summed E-state index contributed by atoms with van der Waals surface area (Å²) in [6.45, 7) is 4.48. The van der Waals surface area contributed by atoms with E-state index in [4.69, 9.17) is 0 Å². The number of para-hydroxylation sites is 2. The molecule has 1 aliphatic heterocycles. The third kappa shape index (κ3) is 4.20. The van der Waals surface area contributed by atoms with Crippen molar-refractivity contribution in [3.8, 4) is 0 Å². The van der Waals surface area contributed by atoms with Gasteiger partial charge in [0.25, 0.3) is 0 Å². The van der Waals surface area contributed by atoms with Gasteiger partial charge in [-0.05, 0) is 58.1 Å². The topological polar surface area (TPSA) is 58.1 Å². The van der Waals surface area contributed by atoms with Crippen molar-refractivity contribution in [2.45, 2.75) is 102 Å². The molecule has 0 radical (unpaired) electrons. The number of hydrogen-bond donors (Lipinski definition) is 1. The minimum absolute atomic E-state index is 0.000978. The van der Waals surface area contributed by atoms with Gasteiger partial charge in [0.1, 0.15) is 0 Å². The van der Waals surface area contributed by atoms with Crippen molar-refractivity contribution in [2.75, 3.05) is 0 Å². The highest BCUT2D eigenvalue weighted by Crippen LogP contribution is 2.35. The van der Waals surface area contributed by atoms with Crippen molar-refractivity contribution in [3.05, 3.63) is 45.0 Å². The van der Waals surface area contributed by atoms with E-state index in [1.807, 2.05) is 24.3 Å². The maximum absolute atomic E-state index is 12.7. The Balaban J connectivity index is 1.60. The van der Waals surface area contributed by atoms with Gasteiger partial charge >= 0.3 is 11.1 Å². The number of benzene rings is 1. The first kappa shape index (κ1) is 20.4. The quantitative estimate of drug-likeness (QED) is 0.767. The number of hydrogen-bond acceptors (Lipinski definition) is 3. The second-order valence-electron chi connectivity index (χ2n) is 9.26. The summed E-state index contributed by atoms with van der Waals surface area (Å²) in [4.78, 5) is 30.5. The number of aromatic amines is 1. The zero-order chi connectivity index (χ0) is 20.4. The molecule has 1 aromatic carbocycles. The largest absolute Gasteiger partial charge is 0.316 e. The molecule has 158 valence electrons. The summed E-state index contributed by atoms with van der Waals surface area (Å²) in [5, 5.41) is 0. The molecular formula is C24H35N3O2. The number of nitrogens with one attached hydrogen (secondary N) is 1. The van der Waals surface area contributed by atoms with Gasteiger partial charge in [-0.2, -0.15) is 0 Å². The van der Waals surface area contributed by atoms with Crippen molar-refractivity contribution in [1.82, 2.24) is 14.5 Å². The smallest absolute Gasteiger partial charge is 0.316 e. The van der Waals surface area contributed by atoms with Crippen LogP contribution in [0.15, 0.2) is 33.9 Å². The maximum atomic E-state index is 12.7. The molecule has 0 unspecified atom stereocenters. The Bertz CT molecular complexity index is 939. The van der Waals surface area contributed by atoms with Crippen molar-refractivity contribution in [2.24, 2.45) is 0 Å². The average molecular weight is 398 g/mol. The molecule has 1 saturated carbocycles. The lowest BCUT2D eigenvalue weighted by atomic mass is 9.94. The van der Waals surface area contributed by atoms with Crippen LogP contribution in [-0.2, 0) is 0 Å². The fourth-order valence-corrected chi connectivity index (χ4v) is 5.84. The molecule has 2 aromatic rings. The lowest BCUT2D eigenvalue weighted by Crippen LogP contribution is -2.45. The molecule has 3 atom stereocenters. The van der Waals surface area contributed by atoms with Gasteiger partial charge in [0.05, 0.1) is 11.0 Å². The number of nitrogens with zero attached hydrogens (tertiary/aromatic N) is 2. The van der Waals surface area contributed by atoms with Crippen LogP contribution < -0.4 is 11.1 Å². The molecule has 0 bridgehead atoms. The first-order valence-corrected chi connectivity index (χ1v) is 11.6. The molecule has 2 fully saturated rings. The Kier molecular flexibility index (Phi) is 6.23. The Labute approximate surface area is 173 Å². The monoisotopic (exact) mass is 397 g/mol. The van der Waals surface area contributed by atoms with Gasteiger partial charge in [-0.1, -0.05) is 44.2 Å². The van der Waals surface area contributed by atoms with E-state index in [1.165, 1.54) is 57.8 Å². The Morgan fingerprint density at radius 3 is 2.45 bits per heavy atom. The number of fused-ring (bicyclic) bond motifs is 1. The lowest BCUT2D eigenvalue weighted by Gasteiger charge is -2.38. The summed E-state index contributed by atoms with van der Waals surface area (Å²) in [6, 6.07) is 9.43. The van der Waals surface area contributed by atoms with Crippen LogP contribution >= 0.6 is 0 Å². The molecule has 0 spiro atoms. The van der Waals surface area contributed by atoms with Crippen LogP contribution in [0.1, 0.15) is 84.1 Å². The highest BCUT2D eigenvalue weighted by Gasteiger charge is 2.36. The molecule has 1 saturated heterocycles. The molecule has 2 aliphatic rings. The van der Waals surface area contributed by atoms with Crippen LogP contribution in [0.2, 0.25) is 0 Å². The van der Waals surface area contributed by atoms with Gasteiger partial charge < -0.3 is 4.98 Å². The Hall–Kier alpha value is -1.88. The van der Waals surface area contributed by atoms with Crippen molar-refractivity contribution < 1.29 is 0 Å². The maximum Gasteiger partial charge on any atom is 0.316 e. The van der Waals surface area contributed by atoms with Crippen LogP contribution in [0.4, 0.5) is 0 Å². The van der Waals surface area contributed by atoms with Gasteiger partial charge in [-0.25, -0.2) is 0 Å². The van der Waals surface area contributed by atoms with Crippen LogP contribution in [0.3, 0.4) is 0 Å². The fraction of sp³-hybridized carbons (Fsp3) is 0.667. The summed E-state index contributed by atoms with van der Waals surface area (Å²) in [5.41, 5.74) is 0.612. The summed E-state index contributed by atoms with van der Waals surface area (Å²) >= 11 is 0. The van der Waals surface area contributed by atoms with E-state index in [-0.39, 0.29) is 6.04 Å². The highest BCUT2D eigenvalue weighted by molar-refractivity contribution is 5.74. The number of likely N-dealkylation sites (tertiary alicyclic amines) is 1. The van der Waals surface area contributed by atoms with E-state index in [2.05, 4.69) is 23.7 Å². The first-order chi connectivity index (χ1) is 14.1. The van der Waals surface area contributed by atoms with Gasteiger partial charge in [-0.3, -0.25) is 19.1 Å². The molecule has 1 N–H and O–H groups in total. The standard InChI is InChI=1S/C24H35N3O2/c1-17-14-15-20(26(17)19-10-6-4-3-5-7-11-19)16-18(2)27-22-13-9-8-12-21(22)25-23(28)24(27)29/h8-9,12-13,17-20H,3-7,10-11,14-16H2,1-2H3,(H,25,28)/t17-,18-,20-/m0/s1. The summed E-state index contributed by atoms with van der Waals surface area (Å²) in [7, 11) is 0. The van der Waals surface area contributed by atoms with Crippen LogP contribution in [-0.4, -0.2) is 32.6 Å². The molecule has 5 heteroatoms. The van der Waals surface area contributed by atoms with Gasteiger partial charge in [-0.15, -0.1) is 0 Å². The SMILES string of the molecule is C[C@H]1CC[C@@H](C[C@H](C)n2c(=O)c(=O)[nH]c3ccccc32)N1C1CCCCCCC1. The molecular weight excluding hydrogens is 362 g/mol. The lowest BCUT2D eigenvalue weighted by molar-refractivity contribution is 0.101. The van der Waals surface area contributed by atoms with E-state index in [9.17, 15) is 9.59 Å². The predicted octanol–water partition coefficient (Wildman–Crippen LogP) is 4.61. The number of rotatable bonds is 4. The summed E-state index contributed by atoms with van der Waals surface area (Å²) in [5.74, 6) is 0. The average Bonchev–Trinajstić information content (AvgIpc) is 3.03. The zero-order valence-electron chi connectivity index (χ0n) is 17.9. The predicted molar refractivity (Wildman–Crippen MR) is 119 cm³/mol. The first-order valence-electron chi connectivity index (χ1n) is 11.6. The Morgan fingerprint density at radius 1 is 1.00 bits per heavy atom. The van der Waals surface area contributed by atoms with Crippen molar-refractivity contribution >= 4 is 11.0 Å². The summed E-state index contributed by atoms with van der Waals surface area (Å²) < 4.78 is 1.73. The second-order valence-corrected chi connectivity index (χ2v) is 9.26. The molecule has 1 aromatic heterocycles. The van der Waals surface area contributed by atoms with Gasteiger partial charge in [0, 0.05) is 24.2 Å². The molecule has 5 nitrogen and oxygen atoms in total. The zero-order valence-corrected chi connectivity index (χ0v) is 17.9. The number of H-pyrrole nitrogens is 1. The Morgan fingerprint density at radius 2 is 1.69 bits per heavy atom. The van der Waals surface area contributed by atoms with Gasteiger partial charge in [0.2, 0.25) is 0 Å². The van der Waals surface area contributed by atoms with Crippen molar-refractivity contribution in [3.63, 3.8) is 0 Å². The third-order valence-electron chi connectivity index (χ3n) is 7.22. The minimum atomic E-state index is -0.521. The van der Waals surface area contributed by atoms with Crippen LogP contribution in [0.25, 0.3) is 11.0 Å². The third-order valence-corrected chi connectivity index (χ3v) is 7.22. The molecule has 4 rings (SSSR count). The van der Waals surface area contributed by atoms with E-state index >= 15 is 0 Å². The van der Waals surface area contributed by atoms with Crippen LogP contribution in [0.5, 0.6) is 0 Å². The number of aromatic nitrogens is 2. The van der Waals surface area contributed by atoms with E-state index in [0.29, 0.717) is 18.1 Å². The van der Waals surface area contributed by atoms with E-state index in [1.54, 1.807) is 4.57 Å². The van der Waals surface area contributed by atoms with Crippen LogP contribution in [0, 0.1) is 0 Å². The van der Waals surface area contributed by atoms with E-state index in [0.717, 1.165) is 17.5 Å². The fourth-order valence-electron chi connectivity index (χ4n) is 5.84. The minimum Gasteiger partial charge on any atom is -0.316 e. The second kappa shape index (κ2) is 8.86. The molecule has 29 heavy (non-hydrogen) atoms. The summed E-state index contributed by atoms with van der Waals surface area (Å²) in [6.07, 6.45) is 12.8.